The van der Waals surface area contributed by atoms with Crippen molar-refractivity contribution in [2.45, 2.75) is 0 Å². The highest BCUT2D eigenvalue weighted by Crippen LogP contribution is 2.30. The van der Waals surface area contributed by atoms with E-state index in [4.69, 9.17) is 17.3 Å². The van der Waals surface area contributed by atoms with E-state index in [0.717, 1.165) is 22.0 Å². The van der Waals surface area contributed by atoms with Gasteiger partial charge < -0.3 is 5.73 Å². The van der Waals surface area contributed by atoms with Crippen molar-refractivity contribution < 1.29 is 0 Å². The van der Waals surface area contributed by atoms with Crippen molar-refractivity contribution in [3.05, 3.63) is 29.5 Å². The summed E-state index contributed by atoms with van der Waals surface area (Å²) in [6.45, 7) is 0. The predicted octanol–water partition coefficient (Wildman–Crippen LogP) is 2.21. The van der Waals surface area contributed by atoms with Crippen LogP contribution in [0.5, 0.6) is 0 Å². The van der Waals surface area contributed by atoms with Crippen LogP contribution in [0.4, 0.5) is 5.82 Å². The molecule has 1 aromatic carbocycles. The molecule has 0 aliphatic heterocycles. The van der Waals surface area contributed by atoms with E-state index in [2.05, 4.69) is 10.2 Å². The summed E-state index contributed by atoms with van der Waals surface area (Å²) < 4.78 is 3.40. The molecule has 92 valence electrons. The highest BCUT2D eigenvalue weighted by molar-refractivity contribution is 6.34. The summed E-state index contributed by atoms with van der Waals surface area (Å²) in [6.07, 6.45) is 1.75. The lowest BCUT2D eigenvalue weighted by molar-refractivity contribution is 0.779. The second-order valence-corrected chi connectivity index (χ2v) is 4.57. The Morgan fingerprint density at radius 3 is 2.67 bits per heavy atom. The van der Waals surface area contributed by atoms with E-state index in [1.54, 1.807) is 15.6 Å². The Bertz CT molecular complexity index is 740. The second kappa shape index (κ2) is 3.74. The van der Waals surface area contributed by atoms with Gasteiger partial charge in [-0.25, -0.2) is 0 Å². The third kappa shape index (κ3) is 1.48. The Balaban J connectivity index is 2.25. The van der Waals surface area contributed by atoms with Gasteiger partial charge in [-0.3, -0.25) is 9.36 Å². The minimum atomic E-state index is 0.497. The van der Waals surface area contributed by atoms with E-state index < -0.39 is 0 Å². The van der Waals surface area contributed by atoms with Gasteiger partial charge in [0.2, 0.25) is 0 Å². The standard InChI is InChI=1S/C12H12ClN5/c1-17-10-4-3-7(5-8(10)11(13)16-17)9-6-15-18(2)12(9)14/h3-6H,14H2,1-2H3. The number of rotatable bonds is 1. The first-order valence-corrected chi connectivity index (χ1v) is 5.86. The molecule has 0 saturated carbocycles. The number of fused-ring (bicyclic) bond motifs is 1. The van der Waals surface area contributed by atoms with Crippen molar-refractivity contribution in [3.8, 4) is 11.1 Å². The number of aromatic nitrogens is 4. The lowest BCUT2D eigenvalue weighted by Crippen LogP contribution is -1.98. The summed E-state index contributed by atoms with van der Waals surface area (Å²) in [7, 11) is 3.68. The Morgan fingerprint density at radius 2 is 2.00 bits per heavy atom. The van der Waals surface area contributed by atoms with Crippen LogP contribution in [0.2, 0.25) is 5.15 Å². The lowest BCUT2D eigenvalue weighted by atomic mass is 10.1. The largest absolute Gasteiger partial charge is 0.383 e. The van der Waals surface area contributed by atoms with Crippen LogP contribution in [0.3, 0.4) is 0 Å². The van der Waals surface area contributed by atoms with Crippen molar-refractivity contribution in [2.75, 3.05) is 5.73 Å². The van der Waals surface area contributed by atoms with Crippen LogP contribution in [0.1, 0.15) is 0 Å². The summed E-state index contributed by atoms with van der Waals surface area (Å²) in [5.41, 5.74) is 8.85. The molecule has 0 spiro atoms. The molecule has 2 N–H and O–H groups in total. The van der Waals surface area contributed by atoms with E-state index in [1.807, 2.05) is 32.3 Å². The average molecular weight is 262 g/mol. The number of hydrogen-bond acceptors (Lipinski definition) is 3. The first-order valence-electron chi connectivity index (χ1n) is 5.48. The normalized spacial score (nSPS) is 11.3. The zero-order valence-electron chi connectivity index (χ0n) is 10.1. The zero-order chi connectivity index (χ0) is 12.9. The molecule has 0 aliphatic carbocycles. The number of aryl methyl sites for hydroxylation is 2. The summed E-state index contributed by atoms with van der Waals surface area (Å²) in [5, 5.41) is 9.73. The minimum absolute atomic E-state index is 0.497. The molecule has 3 aromatic rings. The molecule has 0 unspecified atom stereocenters. The van der Waals surface area contributed by atoms with Crippen molar-refractivity contribution in [2.24, 2.45) is 14.1 Å². The minimum Gasteiger partial charge on any atom is -0.383 e. The number of nitrogens with two attached hydrogens (primary N) is 1. The number of hydrogen-bond donors (Lipinski definition) is 1. The fourth-order valence-electron chi connectivity index (χ4n) is 2.06. The number of anilines is 1. The van der Waals surface area contributed by atoms with Gasteiger partial charge in [0.1, 0.15) is 5.82 Å². The van der Waals surface area contributed by atoms with Crippen LogP contribution < -0.4 is 5.73 Å². The summed E-state index contributed by atoms with van der Waals surface area (Å²) in [6, 6.07) is 5.96. The maximum absolute atomic E-state index is 6.10. The molecule has 0 fully saturated rings. The first-order chi connectivity index (χ1) is 8.58. The number of benzene rings is 1. The van der Waals surface area contributed by atoms with E-state index in [0.29, 0.717) is 11.0 Å². The van der Waals surface area contributed by atoms with Crippen LogP contribution in [-0.2, 0) is 14.1 Å². The summed E-state index contributed by atoms with van der Waals surface area (Å²) in [5.74, 6) is 0.634. The molecule has 0 bridgehead atoms. The fourth-order valence-corrected chi connectivity index (χ4v) is 2.32. The summed E-state index contributed by atoms with van der Waals surface area (Å²) >= 11 is 6.10. The highest BCUT2D eigenvalue weighted by Gasteiger charge is 2.11. The predicted molar refractivity (Wildman–Crippen MR) is 72.3 cm³/mol. The highest BCUT2D eigenvalue weighted by atomic mass is 35.5. The summed E-state index contributed by atoms with van der Waals surface area (Å²) in [4.78, 5) is 0. The Labute approximate surface area is 109 Å². The van der Waals surface area contributed by atoms with Gasteiger partial charge >= 0.3 is 0 Å². The SMILES string of the molecule is Cn1ncc(-c2ccc3c(c2)c(Cl)nn3C)c1N. The fraction of sp³-hybridized carbons (Fsp3) is 0.167. The lowest BCUT2D eigenvalue weighted by Gasteiger charge is -2.01. The zero-order valence-corrected chi connectivity index (χ0v) is 10.8. The van der Waals surface area contributed by atoms with Gasteiger partial charge in [-0.2, -0.15) is 10.2 Å². The topological polar surface area (TPSA) is 61.7 Å². The van der Waals surface area contributed by atoms with Crippen LogP contribution >= 0.6 is 11.6 Å². The van der Waals surface area contributed by atoms with Gasteiger partial charge in [0.15, 0.2) is 5.15 Å². The van der Waals surface area contributed by atoms with Gasteiger partial charge in [0.05, 0.1) is 11.7 Å². The Hall–Kier alpha value is -2.01. The van der Waals surface area contributed by atoms with E-state index in [9.17, 15) is 0 Å². The van der Waals surface area contributed by atoms with E-state index in [1.165, 1.54) is 0 Å². The first kappa shape index (κ1) is 11.1. The van der Waals surface area contributed by atoms with Crippen LogP contribution in [0.15, 0.2) is 24.4 Å². The molecule has 0 saturated heterocycles. The molecule has 18 heavy (non-hydrogen) atoms. The number of nitrogens with zero attached hydrogens (tertiary/aromatic N) is 4. The van der Waals surface area contributed by atoms with Crippen molar-refractivity contribution >= 4 is 28.3 Å². The Morgan fingerprint density at radius 1 is 1.22 bits per heavy atom. The molecule has 2 heterocycles. The number of halogens is 1. The molecular formula is C12H12ClN5. The van der Waals surface area contributed by atoms with Gasteiger partial charge in [0, 0.05) is 25.0 Å². The van der Waals surface area contributed by atoms with Crippen LogP contribution in [0, 0.1) is 0 Å². The molecule has 0 radical (unpaired) electrons. The van der Waals surface area contributed by atoms with Gasteiger partial charge in [-0.1, -0.05) is 17.7 Å². The van der Waals surface area contributed by atoms with Crippen LogP contribution in [-0.4, -0.2) is 19.6 Å². The molecular weight excluding hydrogens is 250 g/mol. The van der Waals surface area contributed by atoms with Crippen molar-refractivity contribution in [1.82, 2.24) is 19.6 Å². The second-order valence-electron chi connectivity index (χ2n) is 4.21. The quantitative estimate of drug-likeness (QED) is 0.731. The maximum Gasteiger partial charge on any atom is 0.158 e. The van der Waals surface area contributed by atoms with Gasteiger partial charge in [-0.05, 0) is 17.7 Å². The van der Waals surface area contributed by atoms with E-state index in [-0.39, 0.29) is 0 Å². The molecule has 0 amide bonds. The van der Waals surface area contributed by atoms with Crippen molar-refractivity contribution in [3.63, 3.8) is 0 Å². The van der Waals surface area contributed by atoms with Gasteiger partial charge in [-0.15, -0.1) is 0 Å². The monoisotopic (exact) mass is 261 g/mol. The van der Waals surface area contributed by atoms with E-state index >= 15 is 0 Å². The number of nitrogen functional groups attached to an aromatic ring is 1. The molecule has 0 aliphatic rings. The molecule has 2 aromatic heterocycles. The van der Waals surface area contributed by atoms with Gasteiger partial charge in [0.25, 0.3) is 0 Å². The molecule has 5 nitrogen and oxygen atoms in total. The Kier molecular flexibility index (Phi) is 2.31. The third-order valence-corrected chi connectivity index (χ3v) is 3.38. The third-order valence-electron chi connectivity index (χ3n) is 3.10. The molecule has 0 atom stereocenters. The van der Waals surface area contributed by atoms with Crippen LogP contribution in [0.25, 0.3) is 22.0 Å². The average Bonchev–Trinajstić information content (AvgIpc) is 2.82. The smallest absolute Gasteiger partial charge is 0.158 e. The molecule has 6 heteroatoms. The van der Waals surface area contributed by atoms with Crippen molar-refractivity contribution in [1.29, 1.82) is 0 Å². The maximum atomic E-state index is 6.10. The molecule has 3 rings (SSSR count).